The lowest BCUT2D eigenvalue weighted by Crippen LogP contribution is -2.11. The Morgan fingerprint density at radius 2 is 2.07 bits per heavy atom. The molecule has 0 rings (SSSR count). The number of hydrogen-bond donors (Lipinski definition) is 0. The van der Waals surface area contributed by atoms with E-state index in [1.807, 2.05) is 11.7 Å². The van der Waals surface area contributed by atoms with Crippen LogP contribution in [0.15, 0.2) is 29.4 Å². The van der Waals surface area contributed by atoms with E-state index in [1.165, 1.54) is 0 Å². The van der Waals surface area contributed by atoms with E-state index in [0.29, 0.717) is 0 Å². The second-order valence-corrected chi connectivity index (χ2v) is 3.40. The molecule has 0 radical (unpaired) electrons. The maximum atomic E-state index is 4.55. The van der Waals surface area contributed by atoms with Gasteiger partial charge in [0.25, 0.3) is 0 Å². The summed E-state index contributed by atoms with van der Waals surface area (Å²) in [5, 5.41) is 4.55. The minimum atomic E-state index is 0.239. The molecule has 0 aromatic heterocycles. The second kappa shape index (κ2) is 7.48. The fourth-order valence-corrected chi connectivity index (χ4v) is 1.12. The average Bonchev–Trinajstić information content (AvgIpc) is 2.21. The first-order valence-corrected chi connectivity index (χ1v) is 5.42. The maximum Gasteiger partial charge on any atom is 0.165 e. The molecule has 1 unspecified atom stereocenters. The van der Waals surface area contributed by atoms with Gasteiger partial charge in [0, 0.05) is 0 Å². The van der Waals surface area contributed by atoms with Crippen LogP contribution in [0.1, 0.15) is 33.6 Å². The standard InChI is InChI=1S/C12H23N2/c1-6-9-10-11(4)12(7-2)13-14(5)8-3/h9-10,12H,4,6-8H2,1-3,5H3/q+1. The molecule has 0 saturated carbocycles. The third-order valence-electron chi connectivity index (χ3n) is 2.18. The molecule has 2 nitrogen and oxygen atoms in total. The fraction of sp³-hybridized carbons (Fsp3) is 0.667. The Hall–Kier alpha value is -0.920. The van der Waals surface area contributed by atoms with Crippen molar-refractivity contribution >= 4 is 0 Å². The van der Waals surface area contributed by atoms with Gasteiger partial charge < -0.3 is 0 Å². The van der Waals surface area contributed by atoms with Crippen LogP contribution in [-0.2, 0) is 0 Å². The third-order valence-corrected chi connectivity index (χ3v) is 2.18. The summed E-state index contributed by atoms with van der Waals surface area (Å²) in [7, 11) is 2.00. The van der Waals surface area contributed by atoms with E-state index in [-0.39, 0.29) is 6.04 Å². The van der Waals surface area contributed by atoms with Gasteiger partial charge in [-0.05, 0) is 30.5 Å². The van der Waals surface area contributed by atoms with Crippen molar-refractivity contribution < 1.29 is 4.70 Å². The molecule has 0 aromatic carbocycles. The molecular weight excluding hydrogens is 172 g/mol. The second-order valence-electron chi connectivity index (χ2n) is 3.40. The van der Waals surface area contributed by atoms with Crippen molar-refractivity contribution in [3.05, 3.63) is 24.3 Å². The van der Waals surface area contributed by atoms with E-state index >= 15 is 0 Å². The topological polar surface area (TPSA) is 15.4 Å². The van der Waals surface area contributed by atoms with Crippen molar-refractivity contribution in [3.63, 3.8) is 0 Å². The van der Waals surface area contributed by atoms with Crippen molar-refractivity contribution in [2.45, 2.75) is 39.7 Å². The molecule has 0 aromatic rings. The SMILES string of the molecule is C=C(C=CCC)C(CC)N=[N+](C)CC. The van der Waals surface area contributed by atoms with Gasteiger partial charge in [-0.3, -0.25) is 0 Å². The van der Waals surface area contributed by atoms with Gasteiger partial charge in [0.15, 0.2) is 13.6 Å². The maximum absolute atomic E-state index is 4.55. The van der Waals surface area contributed by atoms with E-state index in [4.69, 9.17) is 0 Å². The van der Waals surface area contributed by atoms with Crippen molar-refractivity contribution in [3.8, 4) is 0 Å². The molecule has 14 heavy (non-hydrogen) atoms. The zero-order valence-electron chi connectivity index (χ0n) is 9.95. The first-order valence-electron chi connectivity index (χ1n) is 5.42. The van der Waals surface area contributed by atoms with E-state index in [9.17, 15) is 0 Å². The van der Waals surface area contributed by atoms with Gasteiger partial charge in [0.2, 0.25) is 0 Å². The van der Waals surface area contributed by atoms with E-state index in [1.54, 1.807) is 0 Å². The molecule has 0 heterocycles. The Kier molecular flexibility index (Phi) is 6.99. The number of allylic oxidation sites excluding steroid dienone is 1. The molecule has 0 amide bonds. The molecule has 0 spiro atoms. The number of azo groups is 2. The first kappa shape index (κ1) is 13.1. The molecule has 0 aliphatic heterocycles. The van der Waals surface area contributed by atoms with Gasteiger partial charge >= 0.3 is 0 Å². The van der Waals surface area contributed by atoms with Gasteiger partial charge in [-0.1, -0.05) is 32.6 Å². The summed E-state index contributed by atoms with van der Waals surface area (Å²) >= 11 is 0. The lowest BCUT2D eigenvalue weighted by atomic mass is 10.1. The summed E-state index contributed by atoms with van der Waals surface area (Å²) in [5.74, 6) is 0. The number of rotatable bonds is 6. The molecule has 1 atom stereocenters. The minimum absolute atomic E-state index is 0.239. The third kappa shape index (κ3) is 4.95. The highest BCUT2D eigenvalue weighted by Gasteiger charge is 2.10. The van der Waals surface area contributed by atoms with Gasteiger partial charge in [-0.25, -0.2) is 0 Å². The largest absolute Gasteiger partial charge is 0.165 e. The first-order chi connectivity index (χ1) is 6.65. The average molecular weight is 195 g/mol. The Morgan fingerprint density at radius 1 is 1.43 bits per heavy atom. The Morgan fingerprint density at radius 3 is 2.50 bits per heavy atom. The summed E-state index contributed by atoms with van der Waals surface area (Å²) in [5.41, 5.74) is 1.11. The normalized spacial score (nSPS) is 14.7. The number of nitrogens with zero attached hydrogens (tertiary/aromatic N) is 2. The van der Waals surface area contributed by atoms with Crippen LogP contribution < -0.4 is 0 Å². The molecule has 0 N–H and O–H groups in total. The highest BCUT2D eigenvalue weighted by molar-refractivity contribution is 5.20. The summed E-state index contributed by atoms with van der Waals surface area (Å²) in [4.78, 5) is 0. The lowest BCUT2D eigenvalue weighted by molar-refractivity contribution is -0.565. The van der Waals surface area contributed by atoms with Gasteiger partial charge in [0.1, 0.15) is 6.04 Å². The van der Waals surface area contributed by atoms with Gasteiger partial charge in [-0.2, -0.15) is 0 Å². The van der Waals surface area contributed by atoms with Crippen molar-refractivity contribution in [2.24, 2.45) is 5.11 Å². The summed E-state index contributed by atoms with van der Waals surface area (Å²) < 4.78 is 1.97. The van der Waals surface area contributed by atoms with Crippen LogP contribution >= 0.6 is 0 Å². The lowest BCUT2D eigenvalue weighted by Gasteiger charge is -2.06. The van der Waals surface area contributed by atoms with E-state index in [0.717, 1.165) is 25.0 Å². The minimum Gasteiger partial charge on any atom is -0.130 e. The predicted octanol–water partition coefficient (Wildman–Crippen LogP) is 3.40. The highest BCUT2D eigenvalue weighted by Crippen LogP contribution is 2.10. The smallest absolute Gasteiger partial charge is 0.130 e. The molecule has 2 heteroatoms. The molecule has 0 aliphatic carbocycles. The molecule has 0 saturated heterocycles. The Labute approximate surface area is 88.0 Å². The Bertz CT molecular complexity index is 226. The van der Waals surface area contributed by atoms with Crippen LogP contribution in [0.3, 0.4) is 0 Å². The summed E-state index contributed by atoms with van der Waals surface area (Å²) in [6.45, 7) is 11.4. The zero-order valence-corrected chi connectivity index (χ0v) is 9.95. The summed E-state index contributed by atoms with van der Waals surface area (Å²) in [6, 6.07) is 0.239. The number of hydrogen-bond acceptors (Lipinski definition) is 1. The van der Waals surface area contributed by atoms with Gasteiger partial charge in [0.05, 0.1) is 0 Å². The zero-order chi connectivity index (χ0) is 11.0. The molecule has 80 valence electrons. The van der Waals surface area contributed by atoms with Crippen LogP contribution in [0, 0.1) is 0 Å². The Balaban J connectivity index is 4.41. The summed E-state index contributed by atoms with van der Waals surface area (Å²) in [6.07, 6.45) is 6.28. The van der Waals surface area contributed by atoms with E-state index < -0.39 is 0 Å². The van der Waals surface area contributed by atoms with Crippen LogP contribution in [0.4, 0.5) is 0 Å². The van der Waals surface area contributed by atoms with Gasteiger partial charge in [-0.15, -0.1) is 4.70 Å². The molecule has 0 bridgehead atoms. The van der Waals surface area contributed by atoms with Crippen molar-refractivity contribution in [1.29, 1.82) is 0 Å². The van der Waals surface area contributed by atoms with Crippen molar-refractivity contribution in [1.82, 2.24) is 0 Å². The fourth-order valence-electron chi connectivity index (χ4n) is 1.12. The predicted molar refractivity (Wildman–Crippen MR) is 61.8 cm³/mol. The molecule has 0 fully saturated rings. The molecule has 0 aliphatic rings. The van der Waals surface area contributed by atoms with Crippen LogP contribution in [0.25, 0.3) is 0 Å². The quantitative estimate of drug-likeness (QED) is 0.351. The highest BCUT2D eigenvalue weighted by atomic mass is 15.3. The van der Waals surface area contributed by atoms with Crippen LogP contribution in [0.2, 0.25) is 0 Å². The monoisotopic (exact) mass is 195 g/mol. The van der Waals surface area contributed by atoms with Crippen LogP contribution in [0.5, 0.6) is 0 Å². The van der Waals surface area contributed by atoms with Crippen molar-refractivity contribution in [2.75, 3.05) is 13.6 Å². The molecular formula is C12H23N2+. The van der Waals surface area contributed by atoms with E-state index in [2.05, 4.69) is 44.6 Å². The van der Waals surface area contributed by atoms with Crippen LogP contribution in [-0.4, -0.2) is 24.3 Å².